The third-order valence-corrected chi connectivity index (χ3v) is 4.70. The minimum absolute atomic E-state index is 0.0151. The predicted octanol–water partition coefficient (Wildman–Crippen LogP) is 3.30. The molecule has 30 heavy (non-hydrogen) atoms. The zero-order valence-corrected chi connectivity index (χ0v) is 18.7. The summed E-state index contributed by atoms with van der Waals surface area (Å²) in [6.07, 6.45) is 0.799. The topological polar surface area (TPSA) is 66.0 Å². The quantitative estimate of drug-likeness (QED) is 0.378. The van der Waals surface area contributed by atoms with Crippen LogP contribution in [0.1, 0.15) is 41.3 Å². The second kappa shape index (κ2) is 11.9. The largest absolute Gasteiger partial charge is 0.491 e. The van der Waals surface area contributed by atoms with Gasteiger partial charge in [0.25, 0.3) is 5.91 Å². The molecule has 162 valence electrons. The number of benzene rings is 2. The molecule has 2 aromatic rings. The fourth-order valence-electron chi connectivity index (χ4n) is 3.08. The van der Waals surface area contributed by atoms with Crippen LogP contribution in [0.25, 0.3) is 0 Å². The standard InChI is InChI=1S/C24H34N4O2/c1-18(2)21-11-6-7-12-22(21)30-16-15-27-24(25-3)26-14-13-19-9-8-10-20(17-19)23(29)28(4)5/h6-12,17-18H,13-16H2,1-5H3,(H2,25,26,27). The lowest BCUT2D eigenvalue weighted by atomic mass is 10.0. The van der Waals surface area contributed by atoms with E-state index in [9.17, 15) is 4.79 Å². The van der Waals surface area contributed by atoms with Gasteiger partial charge in [-0.15, -0.1) is 0 Å². The van der Waals surface area contributed by atoms with Gasteiger partial charge >= 0.3 is 0 Å². The summed E-state index contributed by atoms with van der Waals surface area (Å²) >= 11 is 0. The third kappa shape index (κ3) is 7.10. The van der Waals surface area contributed by atoms with E-state index in [1.54, 1.807) is 26.0 Å². The van der Waals surface area contributed by atoms with Gasteiger partial charge in [0, 0.05) is 33.3 Å². The van der Waals surface area contributed by atoms with E-state index in [1.807, 2.05) is 42.5 Å². The maximum absolute atomic E-state index is 12.1. The number of guanidine groups is 1. The Balaban J connectivity index is 1.76. The molecule has 0 fully saturated rings. The van der Waals surface area contributed by atoms with Gasteiger partial charge in [0.05, 0.1) is 6.54 Å². The average molecular weight is 411 g/mol. The highest BCUT2D eigenvalue weighted by Crippen LogP contribution is 2.25. The van der Waals surface area contributed by atoms with Crippen molar-refractivity contribution in [3.8, 4) is 5.75 Å². The SMILES string of the molecule is CN=C(NCCOc1ccccc1C(C)C)NCCc1cccc(C(=O)N(C)C)c1. The first-order valence-electron chi connectivity index (χ1n) is 10.4. The molecule has 6 nitrogen and oxygen atoms in total. The molecule has 2 N–H and O–H groups in total. The molecule has 0 radical (unpaired) electrons. The molecule has 1 amide bonds. The Kier molecular flexibility index (Phi) is 9.19. The minimum atomic E-state index is 0.0151. The molecular formula is C24H34N4O2. The first-order valence-corrected chi connectivity index (χ1v) is 10.4. The smallest absolute Gasteiger partial charge is 0.253 e. The van der Waals surface area contributed by atoms with Crippen molar-refractivity contribution in [1.29, 1.82) is 0 Å². The van der Waals surface area contributed by atoms with Crippen LogP contribution in [0.15, 0.2) is 53.5 Å². The number of nitrogens with one attached hydrogen (secondary N) is 2. The molecular weight excluding hydrogens is 376 g/mol. The summed E-state index contributed by atoms with van der Waals surface area (Å²) in [7, 11) is 5.27. The lowest BCUT2D eigenvalue weighted by Gasteiger charge is -2.15. The number of aliphatic imine (C=N–C) groups is 1. The van der Waals surface area contributed by atoms with Gasteiger partial charge in [0.15, 0.2) is 5.96 Å². The fraction of sp³-hybridized carbons (Fsp3) is 0.417. The lowest BCUT2D eigenvalue weighted by Crippen LogP contribution is -2.40. The first-order chi connectivity index (χ1) is 14.4. The van der Waals surface area contributed by atoms with Crippen molar-refractivity contribution in [2.24, 2.45) is 4.99 Å². The van der Waals surface area contributed by atoms with Crippen molar-refractivity contribution in [3.05, 3.63) is 65.2 Å². The molecule has 0 saturated carbocycles. The zero-order chi connectivity index (χ0) is 21.9. The molecule has 0 unspecified atom stereocenters. The summed E-state index contributed by atoms with van der Waals surface area (Å²) in [5.41, 5.74) is 3.04. The molecule has 0 atom stereocenters. The van der Waals surface area contributed by atoms with Crippen LogP contribution in [-0.4, -0.2) is 57.6 Å². The van der Waals surface area contributed by atoms with E-state index in [2.05, 4.69) is 35.5 Å². The van der Waals surface area contributed by atoms with E-state index >= 15 is 0 Å². The summed E-state index contributed by atoms with van der Waals surface area (Å²) in [6.45, 7) is 6.25. The molecule has 2 aromatic carbocycles. The van der Waals surface area contributed by atoms with Crippen LogP contribution in [0.5, 0.6) is 5.75 Å². The third-order valence-electron chi connectivity index (χ3n) is 4.70. The highest BCUT2D eigenvalue weighted by Gasteiger charge is 2.09. The minimum Gasteiger partial charge on any atom is -0.491 e. The van der Waals surface area contributed by atoms with E-state index in [-0.39, 0.29) is 5.91 Å². The van der Waals surface area contributed by atoms with Crippen molar-refractivity contribution >= 4 is 11.9 Å². The summed E-state index contributed by atoms with van der Waals surface area (Å²) in [6, 6.07) is 15.9. The molecule has 0 bridgehead atoms. The van der Waals surface area contributed by atoms with Crippen LogP contribution in [0, 0.1) is 0 Å². The Morgan fingerprint density at radius 2 is 1.80 bits per heavy atom. The molecule has 0 aliphatic rings. The highest BCUT2D eigenvalue weighted by molar-refractivity contribution is 5.94. The van der Waals surface area contributed by atoms with Crippen LogP contribution in [0.3, 0.4) is 0 Å². The Bertz CT molecular complexity index is 847. The van der Waals surface area contributed by atoms with Gasteiger partial charge in [-0.25, -0.2) is 0 Å². The number of hydrogen-bond acceptors (Lipinski definition) is 3. The molecule has 0 aliphatic carbocycles. The fourth-order valence-corrected chi connectivity index (χ4v) is 3.08. The Labute approximate surface area is 180 Å². The van der Waals surface area contributed by atoms with Crippen molar-refractivity contribution in [2.45, 2.75) is 26.2 Å². The van der Waals surface area contributed by atoms with E-state index in [0.717, 1.165) is 30.2 Å². The number of hydrogen-bond donors (Lipinski definition) is 2. The van der Waals surface area contributed by atoms with Crippen molar-refractivity contribution in [1.82, 2.24) is 15.5 Å². The number of nitrogens with zero attached hydrogens (tertiary/aromatic N) is 2. The molecule has 0 aliphatic heterocycles. The average Bonchev–Trinajstić information content (AvgIpc) is 2.75. The molecule has 2 rings (SSSR count). The van der Waals surface area contributed by atoms with Crippen molar-refractivity contribution < 1.29 is 9.53 Å². The van der Waals surface area contributed by atoms with Crippen molar-refractivity contribution in [2.75, 3.05) is 40.8 Å². The number of carbonyl (C=O) groups is 1. The number of carbonyl (C=O) groups excluding carboxylic acids is 1. The van der Waals surface area contributed by atoms with E-state index < -0.39 is 0 Å². The van der Waals surface area contributed by atoms with Crippen LogP contribution >= 0.6 is 0 Å². The maximum Gasteiger partial charge on any atom is 0.253 e. The molecule has 0 aromatic heterocycles. The normalized spacial score (nSPS) is 11.3. The maximum atomic E-state index is 12.1. The number of amides is 1. The predicted molar refractivity (Wildman–Crippen MR) is 124 cm³/mol. The number of rotatable bonds is 9. The summed E-state index contributed by atoms with van der Waals surface area (Å²) < 4.78 is 5.94. The highest BCUT2D eigenvalue weighted by atomic mass is 16.5. The van der Waals surface area contributed by atoms with Gasteiger partial charge in [-0.3, -0.25) is 9.79 Å². The molecule has 0 spiro atoms. The lowest BCUT2D eigenvalue weighted by molar-refractivity contribution is 0.0827. The molecule has 6 heteroatoms. The van der Waals surface area contributed by atoms with Crippen LogP contribution in [-0.2, 0) is 6.42 Å². The number of ether oxygens (including phenoxy) is 1. The van der Waals surface area contributed by atoms with Crippen molar-refractivity contribution in [3.63, 3.8) is 0 Å². The van der Waals surface area contributed by atoms with Gasteiger partial charge in [-0.05, 0) is 41.7 Å². The second-order valence-corrected chi connectivity index (χ2v) is 7.62. The first kappa shape index (κ1) is 23.3. The summed E-state index contributed by atoms with van der Waals surface area (Å²) in [4.78, 5) is 17.9. The van der Waals surface area contributed by atoms with Gasteiger partial charge in [0.2, 0.25) is 0 Å². The Hall–Kier alpha value is -3.02. The van der Waals surface area contributed by atoms with Crippen LogP contribution < -0.4 is 15.4 Å². The molecule has 0 saturated heterocycles. The van der Waals surface area contributed by atoms with Gasteiger partial charge in [0.1, 0.15) is 12.4 Å². The monoisotopic (exact) mass is 410 g/mol. The van der Waals surface area contributed by atoms with E-state index in [0.29, 0.717) is 24.6 Å². The van der Waals surface area contributed by atoms with E-state index in [4.69, 9.17) is 4.74 Å². The Morgan fingerprint density at radius 1 is 1.07 bits per heavy atom. The van der Waals surface area contributed by atoms with Gasteiger partial charge in [-0.1, -0.05) is 44.2 Å². The van der Waals surface area contributed by atoms with E-state index in [1.165, 1.54) is 5.56 Å². The summed E-state index contributed by atoms with van der Waals surface area (Å²) in [5.74, 6) is 2.11. The molecule has 0 heterocycles. The summed E-state index contributed by atoms with van der Waals surface area (Å²) in [5, 5.41) is 6.58. The van der Waals surface area contributed by atoms with Crippen LogP contribution in [0.4, 0.5) is 0 Å². The number of para-hydroxylation sites is 1. The zero-order valence-electron chi connectivity index (χ0n) is 18.7. The second-order valence-electron chi connectivity index (χ2n) is 7.62. The Morgan fingerprint density at radius 3 is 2.50 bits per heavy atom. The van der Waals surface area contributed by atoms with Crippen LogP contribution in [0.2, 0.25) is 0 Å². The van der Waals surface area contributed by atoms with Gasteiger partial charge in [-0.2, -0.15) is 0 Å². The van der Waals surface area contributed by atoms with Gasteiger partial charge < -0.3 is 20.3 Å².